The van der Waals surface area contributed by atoms with Crippen molar-refractivity contribution >= 4 is 0 Å². The molecule has 1 fully saturated rings. The predicted octanol–water partition coefficient (Wildman–Crippen LogP) is 5.54. The van der Waals surface area contributed by atoms with Crippen LogP contribution in [0.4, 0.5) is 0 Å². The minimum Gasteiger partial charge on any atom is -0.496 e. The van der Waals surface area contributed by atoms with Crippen molar-refractivity contribution in [2.45, 2.75) is 43.1 Å². The van der Waals surface area contributed by atoms with Crippen molar-refractivity contribution in [2.75, 3.05) is 21.3 Å². The summed E-state index contributed by atoms with van der Waals surface area (Å²) >= 11 is 0. The molecular formula is C29H30O4. The molecule has 3 aromatic carbocycles. The molecule has 4 aliphatic carbocycles. The first kappa shape index (κ1) is 20.6. The largest absolute Gasteiger partial charge is 0.496 e. The zero-order valence-electron chi connectivity index (χ0n) is 19.5. The van der Waals surface area contributed by atoms with E-state index in [4.69, 9.17) is 14.2 Å². The van der Waals surface area contributed by atoms with Crippen LogP contribution in [0.5, 0.6) is 17.2 Å². The molecule has 1 N–H and O–H groups in total. The summed E-state index contributed by atoms with van der Waals surface area (Å²) in [5, 5.41) is 12.8. The Morgan fingerprint density at radius 1 is 0.697 bits per heavy atom. The number of hydrogen-bond acceptors (Lipinski definition) is 4. The van der Waals surface area contributed by atoms with Crippen molar-refractivity contribution in [3.63, 3.8) is 0 Å². The number of ether oxygens (including phenoxy) is 3. The van der Waals surface area contributed by atoms with Gasteiger partial charge in [0.25, 0.3) is 0 Å². The van der Waals surface area contributed by atoms with Crippen LogP contribution in [-0.2, 0) is 11.0 Å². The molecule has 0 amide bonds. The van der Waals surface area contributed by atoms with Crippen molar-refractivity contribution in [1.82, 2.24) is 0 Å². The van der Waals surface area contributed by atoms with Crippen molar-refractivity contribution in [1.29, 1.82) is 0 Å². The van der Waals surface area contributed by atoms with Gasteiger partial charge in [-0.3, -0.25) is 0 Å². The van der Waals surface area contributed by atoms with Gasteiger partial charge in [-0.2, -0.15) is 0 Å². The van der Waals surface area contributed by atoms with Gasteiger partial charge in [-0.1, -0.05) is 62.1 Å². The first-order valence-corrected chi connectivity index (χ1v) is 11.9. The highest BCUT2D eigenvalue weighted by Gasteiger charge is 2.62. The number of hydrogen-bond donors (Lipinski definition) is 1. The Hall–Kier alpha value is -2.98. The van der Waals surface area contributed by atoms with E-state index < -0.39 is 11.0 Å². The van der Waals surface area contributed by atoms with Crippen LogP contribution in [0.15, 0.2) is 54.6 Å². The van der Waals surface area contributed by atoms with Gasteiger partial charge in [-0.25, -0.2) is 0 Å². The third-order valence-electron chi connectivity index (χ3n) is 8.27. The Bertz CT molecular complexity index is 1100. The van der Waals surface area contributed by atoms with Crippen molar-refractivity contribution in [3.05, 3.63) is 88.0 Å². The molecule has 0 radical (unpaired) electrons. The average molecular weight is 443 g/mol. The maximum absolute atomic E-state index is 12.8. The molecule has 0 saturated heterocycles. The van der Waals surface area contributed by atoms with Crippen LogP contribution >= 0.6 is 0 Å². The van der Waals surface area contributed by atoms with E-state index in [1.807, 2.05) is 18.2 Å². The Balaban J connectivity index is 1.81. The summed E-state index contributed by atoms with van der Waals surface area (Å²) in [7, 11) is 5.03. The van der Waals surface area contributed by atoms with E-state index in [9.17, 15) is 5.11 Å². The smallest absolute Gasteiger partial charge is 0.152 e. The van der Waals surface area contributed by atoms with Gasteiger partial charge in [0.2, 0.25) is 0 Å². The predicted molar refractivity (Wildman–Crippen MR) is 128 cm³/mol. The minimum absolute atomic E-state index is 0.406. The topological polar surface area (TPSA) is 47.9 Å². The second-order valence-corrected chi connectivity index (χ2v) is 9.62. The molecule has 0 aliphatic heterocycles. The highest BCUT2D eigenvalue weighted by Crippen LogP contribution is 2.67. The number of benzene rings is 3. The second kappa shape index (κ2) is 7.26. The standard InChI is InChI=1S/C29H30O4/c1-31-22-14-6-11-19-25(22)29(30)26-20(12-7-15-23(26)32-2)28(19,17-18-9-4-5-10-18)21-13-8-16-24(33-3)27(21)29/h6-8,11-16,18,30H,4-5,9-10,17H2,1-3H3. The summed E-state index contributed by atoms with van der Waals surface area (Å²) in [5.41, 5.74) is 4.02. The molecule has 4 nitrogen and oxygen atoms in total. The lowest BCUT2D eigenvalue weighted by Crippen LogP contribution is -2.52. The molecule has 2 bridgehead atoms. The molecule has 4 heteroatoms. The molecule has 7 rings (SSSR count). The lowest BCUT2D eigenvalue weighted by atomic mass is 9.49. The summed E-state index contributed by atoms with van der Waals surface area (Å²) in [6.07, 6.45) is 6.04. The number of rotatable bonds is 5. The third-order valence-corrected chi connectivity index (χ3v) is 8.27. The summed E-state index contributed by atoms with van der Waals surface area (Å²) in [6.45, 7) is 0. The van der Waals surface area contributed by atoms with Gasteiger partial charge in [0.15, 0.2) is 5.60 Å². The van der Waals surface area contributed by atoms with E-state index in [2.05, 4.69) is 36.4 Å². The van der Waals surface area contributed by atoms with Crippen LogP contribution < -0.4 is 14.2 Å². The van der Waals surface area contributed by atoms with Gasteiger partial charge in [0, 0.05) is 22.1 Å². The van der Waals surface area contributed by atoms with Crippen LogP contribution in [0.25, 0.3) is 0 Å². The summed E-state index contributed by atoms with van der Waals surface area (Å²) in [4.78, 5) is 0. The zero-order chi connectivity index (χ0) is 22.8. The highest BCUT2D eigenvalue weighted by molar-refractivity contribution is 5.79. The highest BCUT2D eigenvalue weighted by atomic mass is 16.5. The molecule has 0 unspecified atom stereocenters. The molecule has 1 saturated carbocycles. The Morgan fingerprint density at radius 3 is 1.45 bits per heavy atom. The van der Waals surface area contributed by atoms with Gasteiger partial charge in [-0.05, 0) is 47.2 Å². The normalized spacial score (nSPS) is 24.7. The lowest BCUT2D eigenvalue weighted by molar-refractivity contribution is 0.0934. The molecule has 0 heterocycles. The van der Waals surface area contributed by atoms with Gasteiger partial charge in [-0.15, -0.1) is 0 Å². The van der Waals surface area contributed by atoms with E-state index in [1.54, 1.807) is 21.3 Å². The Kier molecular flexibility index (Phi) is 4.54. The van der Waals surface area contributed by atoms with E-state index >= 15 is 0 Å². The fourth-order valence-electron chi connectivity index (χ4n) is 7.08. The number of methoxy groups -OCH3 is 3. The van der Waals surface area contributed by atoms with Crippen LogP contribution in [0, 0.1) is 5.92 Å². The van der Waals surface area contributed by atoms with Crippen LogP contribution in [-0.4, -0.2) is 26.4 Å². The molecule has 33 heavy (non-hydrogen) atoms. The Morgan fingerprint density at radius 2 is 1.09 bits per heavy atom. The molecule has 170 valence electrons. The average Bonchev–Trinajstić information content (AvgIpc) is 3.37. The van der Waals surface area contributed by atoms with Gasteiger partial charge >= 0.3 is 0 Å². The molecular weight excluding hydrogens is 412 g/mol. The van der Waals surface area contributed by atoms with Crippen LogP contribution in [0.1, 0.15) is 65.5 Å². The molecule has 0 spiro atoms. The molecule has 4 aliphatic rings. The molecule has 3 aromatic rings. The maximum atomic E-state index is 12.8. The van der Waals surface area contributed by atoms with Crippen molar-refractivity contribution in [3.8, 4) is 17.2 Å². The van der Waals surface area contributed by atoms with E-state index in [-0.39, 0.29) is 0 Å². The maximum Gasteiger partial charge on any atom is 0.152 e. The first-order chi connectivity index (χ1) is 16.1. The van der Waals surface area contributed by atoms with Crippen molar-refractivity contribution in [2.24, 2.45) is 5.92 Å². The fourth-order valence-corrected chi connectivity index (χ4v) is 7.08. The van der Waals surface area contributed by atoms with E-state index in [1.165, 1.54) is 25.7 Å². The van der Waals surface area contributed by atoms with Gasteiger partial charge in [0.05, 0.1) is 21.3 Å². The van der Waals surface area contributed by atoms with E-state index in [0.29, 0.717) is 23.2 Å². The van der Waals surface area contributed by atoms with E-state index in [0.717, 1.165) is 39.8 Å². The van der Waals surface area contributed by atoms with Gasteiger partial charge < -0.3 is 19.3 Å². The van der Waals surface area contributed by atoms with Crippen LogP contribution in [0.2, 0.25) is 0 Å². The Labute approximate surface area is 195 Å². The fraction of sp³-hybridized carbons (Fsp3) is 0.379. The number of aliphatic hydroxyl groups is 1. The second-order valence-electron chi connectivity index (χ2n) is 9.62. The monoisotopic (exact) mass is 442 g/mol. The summed E-state index contributed by atoms with van der Waals surface area (Å²) < 4.78 is 17.6. The summed E-state index contributed by atoms with van der Waals surface area (Å²) in [6, 6.07) is 18.6. The van der Waals surface area contributed by atoms with Crippen LogP contribution in [0.3, 0.4) is 0 Å². The lowest BCUT2D eigenvalue weighted by Gasteiger charge is -2.55. The SMILES string of the molecule is COc1cccc2c1C1(O)c3c(OC)cccc3C2(CC2CCCC2)c2cccc(OC)c21. The van der Waals surface area contributed by atoms with Crippen molar-refractivity contribution < 1.29 is 19.3 Å². The third kappa shape index (κ3) is 2.45. The van der Waals surface area contributed by atoms with Gasteiger partial charge in [0.1, 0.15) is 17.2 Å². The first-order valence-electron chi connectivity index (χ1n) is 11.9. The minimum atomic E-state index is -1.44. The summed E-state index contributed by atoms with van der Waals surface area (Å²) in [5.74, 6) is 2.70. The molecule has 0 aromatic heterocycles. The molecule has 0 atom stereocenters. The zero-order valence-corrected chi connectivity index (χ0v) is 19.5. The quantitative estimate of drug-likeness (QED) is 0.564.